The molecule has 0 saturated heterocycles. The molecule has 0 atom stereocenters. The lowest BCUT2D eigenvalue weighted by Crippen LogP contribution is -2.22. The number of carbonyl (C=O) groups excluding carboxylic acids is 1. The molecule has 0 saturated carbocycles. The number of carboxylic acid groups (broad SMARTS) is 1. The van der Waals surface area contributed by atoms with E-state index in [1.54, 1.807) is 0 Å². The topological polar surface area (TPSA) is 58.6 Å². The van der Waals surface area contributed by atoms with Crippen molar-refractivity contribution in [2.75, 3.05) is 6.61 Å². The number of rotatable bonds is 6. The summed E-state index contributed by atoms with van der Waals surface area (Å²) in [6.07, 6.45) is 0. The number of ether oxygens (including phenoxy) is 2. The van der Waals surface area contributed by atoms with E-state index < -0.39 is 5.97 Å². The Balaban J connectivity index is 2.26. The number of carbonyl (C=O) groups is 1. The Labute approximate surface area is 131 Å². The third-order valence-corrected chi connectivity index (χ3v) is 3.36. The van der Waals surface area contributed by atoms with Crippen LogP contribution in [0.5, 0.6) is 11.5 Å². The molecule has 4 nitrogen and oxygen atoms in total. The van der Waals surface area contributed by atoms with Crippen LogP contribution in [0.2, 0.25) is 0 Å². The quantitative estimate of drug-likeness (QED) is 0.804. The summed E-state index contributed by atoms with van der Waals surface area (Å²) in [4.78, 5) is 11.0. The van der Waals surface area contributed by atoms with Gasteiger partial charge in [0, 0.05) is 5.56 Å². The molecule has 0 amide bonds. The molecule has 2 aromatic rings. The molecule has 0 aliphatic heterocycles. The minimum absolute atomic E-state index is 0.0392. The first-order valence-corrected chi connectivity index (χ1v) is 7.25. The van der Waals surface area contributed by atoms with Crippen LogP contribution in [0.25, 0.3) is 0 Å². The molecule has 21 heavy (non-hydrogen) atoms. The first-order chi connectivity index (χ1) is 10.1. The maximum absolute atomic E-state index is 11.0. The standard InChI is InChI=1S/C16H15BrO4/c1-2-20-14-9-12(16(18)19)8-13(17)15(14)21-10-11-6-4-3-5-7-11/h3-9H,2,10H2,1H3,(H,18,19)/p-1. The summed E-state index contributed by atoms with van der Waals surface area (Å²) in [5.41, 5.74) is 1.05. The Morgan fingerprint density at radius 2 is 1.90 bits per heavy atom. The van der Waals surface area contributed by atoms with Gasteiger partial charge in [-0.05, 0) is 40.5 Å². The van der Waals surface area contributed by atoms with Gasteiger partial charge in [-0.1, -0.05) is 30.3 Å². The Kier molecular flexibility index (Phi) is 5.22. The number of halogens is 1. The highest BCUT2D eigenvalue weighted by atomic mass is 79.9. The van der Waals surface area contributed by atoms with Crippen LogP contribution in [0.15, 0.2) is 46.9 Å². The molecule has 2 aromatic carbocycles. The second-order valence-corrected chi connectivity index (χ2v) is 5.13. The zero-order valence-electron chi connectivity index (χ0n) is 11.5. The van der Waals surface area contributed by atoms with Crippen LogP contribution < -0.4 is 14.6 Å². The summed E-state index contributed by atoms with van der Waals surface area (Å²) >= 11 is 3.31. The monoisotopic (exact) mass is 349 g/mol. The van der Waals surface area contributed by atoms with Gasteiger partial charge in [-0.15, -0.1) is 0 Å². The van der Waals surface area contributed by atoms with Gasteiger partial charge in [-0.25, -0.2) is 0 Å². The number of benzene rings is 2. The average Bonchev–Trinajstić information content (AvgIpc) is 2.47. The van der Waals surface area contributed by atoms with Crippen molar-refractivity contribution in [1.82, 2.24) is 0 Å². The second-order valence-electron chi connectivity index (χ2n) is 4.28. The van der Waals surface area contributed by atoms with E-state index in [9.17, 15) is 9.90 Å². The third-order valence-electron chi connectivity index (χ3n) is 2.77. The fraction of sp³-hybridized carbons (Fsp3) is 0.188. The molecule has 2 rings (SSSR count). The van der Waals surface area contributed by atoms with Crippen molar-refractivity contribution in [3.8, 4) is 11.5 Å². The van der Waals surface area contributed by atoms with E-state index >= 15 is 0 Å². The van der Waals surface area contributed by atoms with E-state index in [2.05, 4.69) is 15.9 Å². The largest absolute Gasteiger partial charge is 0.545 e. The lowest BCUT2D eigenvalue weighted by atomic mass is 10.2. The minimum Gasteiger partial charge on any atom is -0.545 e. The minimum atomic E-state index is -1.26. The van der Waals surface area contributed by atoms with Crippen LogP contribution in [-0.4, -0.2) is 12.6 Å². The van der Waals surface area contributed by atoms with Crippen molar-refractivity contribution < 1.29 is 19.4 Å². The van der Waals surface area contributed by atoms with Crippen LogP contribution >= 0.6 is 15.9 Å². The van der Waals surface area contributed by atoms with Crippen molar-refractivity contribution >= 4 is 21.9 Å². The molecule has 0 N–H and O–H groups in total. The van der Waals surface area contributed by atoms with Gasteiger partial charge in [0.25, 0.3) is 0 Å². The molecule has 110 valence electrons. The van der Waals surface area contributed by atoms with Gasteiger partial charge < -0.3 is 19.4 Å². The molecule has 0 unspecified atom stereocenters. The lowest BCUT2D eigenvalue weighted by Gasteiger charge is -2.16. The highest BCUT2D eigenvalue weighted by Gasteiger charge is 2.13. The van der Waals surface area contributed by atoms with Crippen molar-refractivity contribution in [2.24, 2.45) is 0 Å². The van der Waals surface area contributed by atoms with Crippen molar-refractivity contribution in [3.63, 3.8) is 0 Å². The molecule has 0 aliphatic carbocycles. The van der Waals surface area contributed by atoms with Crippen LogP contribution in [0.3, 0.4) is 0 Å². The first-order valence-electron chi connectivity index (χ1n) is 6.46. The number of hydrogen-bond donors (Lipinski definition) is 0. The van der Waals surface area contributed by atoms with Crippen molar-refractivity contribution in [3.05, 3.63) is 58.1 Å². The van der Waals surface area contributed by atoms with Crippen molar-refractivity contribution in [2.45, 2.75) is 13.5 Å². The van der Waals surface area contributed by atoms with Crippen LogP contribution in [0.1, 0.15) is 22.8 Å². The van der Waals surface area contributed by atoms with E-state index in [1.165, 1.54) is 12.1 Å². The molecule has 0 radical (unpaired) electrons. The van der Waals surface area contributed by atoms with Crippen molar-refractivity contribution in [1.29, 1.82) is 0 Å². The van der Waals surface area contributed by atoms with E-state index in [4.69, 9.17) is 9.47 Å². The maximum atomic E-state index is 11.0. The van der Waals surface area contributed by atoms with Gasteiger partial charge in [0.2, 0.25) is 0 Å². The fourth-order valence-corrected chi connectivity index (χ4v) is 2.38. The number of hydrogen-bond acceptors (Lipinski definition) is 4. The number of carboxylic acids is 1. The van der Waals surface area contributed by atoms with Crippen LogP contribution in [-0.2, 0) is 6.61 Å². The molecule has 0 heterocycles. The van der Waals surface area contributed by atoms with E-state index in [0.29, 0.717) is 29.2 Å². The van der Waals surface area contributed by atoms with Gasteiger partial charge in [-0.2, -0.15) is 0 Å². The van der Waals surface area contributed by atoms with Crippen LogP contribution in [0, 0.1) is 0 Å². The highest BCUT2D eigenvalue weighted by molar-refractivity contribution is 9.10. The molecule has 0 aliphatic rings. The van der Waals surface area contributed by atoms with E-state index in [0.717, 1.165) is 5.56 Å². The molecule has 0 spiro atoms. The average molecular weight is 350 g/mol. The normalized spacial score (nSPS) is 10.2. The first kappa shape index (κ1) is 15.4. The SMILES string of the molecule is CCOc1cc(C(=O)[O-])cc(Br)c1OCc1ccccc1. The van der Waals surface area contributed by atoms with Gasteiger partial charge in [0.05, 0.1) is 17.0 Å². The molecular weight excluding hydrogens is 336 g/mol. The van der Waals surface area contributed by atoms with Gasteiger partial charge in [0.15, 0.2) is 11.5 Å². The summed E-state index contributed by atoms with van der Waals surface area (Å²) < 4.78 is 11.7. The van der Waals surface area contributed by atoms with Gasteiger partial charge in [-0.3, -0.25) is 0 Å². The summed E-state index contributed by atoms with van der Waals surface area (Å²) in [6.45, 7) is 2.59. The van der Waals surface area contributed by atoms with E-state index in [-0.39, 0.29) is 5.56 Å². The Bertz CT molecular complexity index is 626. The smallest absolute Gasteiger partial charge is 0.175 e. The van der Waals surface area contributed by atoms with Gasteiger partial charge >= 0.3 is 0 Å². The summed E-state index contributed by atoms with van der Waals surface area (Å²) in [5, 5.41) is 11.0. The Morgan fingerprint density at radius 3 is 2.52 bits per heavy atom. The molecule has 0 fully saturated rings. The Morgan fingerprint density at radius 1 is 1.19 bits per heavy atom. The predicted octanol–water partition coefficient (Wildman–Crippen LogP) is 2.79. The van der Waals surface area contributed by atoms with Gasteiger partial charge in [0.1, 0.15) is 6.61 Å². The molecule has 5 heteroatoms. The predicted molar refractivity (Wildman–Crippen MR) is 80.4 cm³/mol. The lowest BCUT2D eigenvalue weighted by molar-refractivity contribution is -0.255. The summed E-state index contributed by atoms with van der Waals surface area (Å²) in [6, 6.07) is 12.5. The maximum Gasteiger partial charge on any atom is 0.175 e. The zero-order chi connectivity index (χ0) is 15.2. The Hall–Kier alpha value is -2.01. The zero-order valence-corrected chi connectivity index (χ0v) is 13.1. The summed E-state index contributed by atoms with van der Waals surface area (Å²) in [7, 11) is 0. The second kappa shape index (κ2) is 7.13. The van der Waals surface area contributed by atoms with E-state index in [1.807, 2.05) is 37.3 Å². The third kappa shape index (κ3) is 3.98. The highest BCUT2D eigenvalue weighted by Crippen LogP contribution is 2.37. The summed E-state index contributed by atoms with van der Waals surface area (Å²) in [5.74, 6) is -0.404. The fourth-order valence-electron chi connectivity index (χ4n) is 1.82. The molecule has 0 bridgehead atoms. The van der Waals surface area contributed by atoms with Crippen LogP contribution in [0.4, 0.5) is 0 Å². The molecular formula is C16H14BrO4-. The molecule has 0 aromatic heterocycles. The number of aromatic carboxylic acids is 1.